The molecule has 1 aliphatic heterocycles. The molecule has 0 spiro atoms. The molecule has 7 nitrogen and oxygen atoms in total. The van der Waals surface area contributed by atoms with Crippen molar-refractivity contribution in [2.75, 3.05) is 38.2 Å². The zero-order valence-corrected chi connectivity index (χ0v) is 18.1. The summed E-state index contributed by atoms with van der Waals surface area (Å²) in [5.41, 5.74) is 2.39. The molecular formula is C21H28N4O3S. The van der Waals surface area contributed by atoms with Crippen molar-refractivity contribution in [2.45, 2.75) is 33.1 Å². The Hall–Kier alpha value is -2.48. The Morgan fingerprint density at radius 3 is 2.79 bits per heavy atom. The first-order valence-electron chi connectivity index (χ1n) is 10.00. The monoisotopic (exact) mass is 416 g/mol. The highest BCUT2D eigenvalue weighted by molar-refractivity contribution is 7.09. The molecule has 0 bridgehead atoms. The number of aromatic nitrogens is 2. The normalized spacial score (nSPS) is 16.5. The molecule has 1 aliphatic rings. The predicted octanol–water partition coefficient (Wildman–Crippen LogP) is 2.68. The third kappa shape index (κ3) is 5.76. The number of hydrogen-bond acceptors (Lipinski definition) is 7. The fraction of sp³-hybridized carbons (Fsp3) is 0.524. The van der Waals surface area contributed by atoms with Crippen LogP contribution < -0.4 is 4.90 Å². The molecule has 0 unspecified atom stereocenters. The molecule has 1 amide bonds. The Balaban J connectivity index is 1.55. The van der Waals surface area contributed by atoms with Crippen LogP contribution >= 0.6 is 11.5 Å². The van der Waals surface area contributed by atoms with Crippen LogP contribution in [0.3, 0.4) is 0 Å². The van der Waals surface area contributed by atoms with Gasteiger partial charge in [-0.2, -0.15) is 4.37 Å². The van der Waals surface area contributed by atoms with Crippen LogP contribution in [0.1, 0.15) is 36.7 Å². The number of amides is 1. The molecule has 1 fully saturated rings. The van der Waals surface area contributed by atoms with E-state index < -0.39 is 0 Å². The number of benzene rings is 1. The van der Waals surface area contributed by atoms with E-state index in [0.29, 0.717) is 26.1 Å². The predicted molar refractivity (Wildman–Crippen MR) is 113 cm³/mol. The summed E-state index contributed by atoms with van der Waals surface area (Å²) in [4.78, 5) is 32.9. The van der Waals surface area contributed by atoms with Gasteiger partial charge in [0.05, 0.1) is 19.1 Å². The summed E-state index contributed by atoms with van der Waals surface area (Å²) in [6, 6.07) is 8.32. The van der Waals surface area contributed by atoms with Gasteiger partial charge >= 0.3 is 5.97 Å². The summed E-state index contributed by atoms with van der Waals surface area (Å²) < 4.78 is 9.55. The number of carbonyl (C=O) groups is 2. The van der Waals surface area contributed by atoms with Gasteiger partial charge in [-0.25, -0.2) is 4.98 Å². The van der Waals surface area contributed by atoms with Gasteiger partial charge in [0.15, 0.2) is 0 Å². The number of ether oxygens (including phenoxy) is 1. The van der Waals surface area contributed by atoms with Crippen LogP contribution in [0.15, 0.2) is 24.3 Å². The SMILES string of the molecule is CCOC(=O)[C@H]1CCCN(C(=O)CN(C)c2nc(Cc3ccc(C)cc3)ns2)C1. The lowest BCUT2D eigenvalue weighted by Gasteiger charge is -2.32. The lowest BCUT2D eigenvalue weighted by atomic mass is 9.98. The molecule has 2 aromatic rings. The number of nitrogens with zero attached hydrogens (tertiary/aromatic N) is 4. The number of aryl methyl sites for hydroxylation is 1. The molecule has 0 radical (unpaired) electrons. The van der Waals surface area contributed by atoms with E-state index in [9.17, 15) is 9.59 Å². The van der Waals surface area contributed by atoms with E-state index in [0.717, 1.165) is 29.4 Å². The first-order valence-corrected chi connectivity index (χ1v) is 10.8. The van der Waals surface area contributed by atoms with Crippen molar-refractivity contribution in [3.8, 4) is 0 Å². The summed E-state index contributed by atoms with van der Waals surface area (Å²) in [7, 11) is 1.85. The maximum absolute atomic E-state index is 12.7. The zero-order chi connectivity index (χ0) is 20.8. The Morgan fingerprint density at radius 2 is 2.07 bits per heavy atom. The van der Waals surface area contributed by atoms with E-state index in [1.165, 1.54) is 17.1 Å². The van der Waals surface area contributed by atoms with E-state index >= 15 is 0 Å². The second kappa shape index (κ2) is 9.82. The molecule has 0 aliphatic carbocycles. The first-order chi connectivity index (χ1) is 14.0. The van der Waals surface area contributed by atoms with Gasteiger partial charge in [0.2, 0.25) is 11.0 Å². The summed E-state index contributed by atoms with van der Waals surface area (Å²) in [5.74, 6) is 0.328. The number of anilines is 1. The number of hydrogen-bond donors (Lipinski definition) is 0. The molecule has 156 valence electrons. The molecule has 1 aromatic carbocycles. The summed E-state index contributed by atoms with van der Waals surface area (Å²) >= 11 is 1.30. The molecular weight excluding hydrogens is 388 g/mol. The van der Waals surface area contributed by atoms with Crippen molar-refractivity contribution >= 4 is 28.5 Å². The molecule has 1 atom stereocenters. The maximum atomic E-state index is 12.7. The van der Waals surface area contributed by atoms with Crippen LogP contribution in [0.5, 0.6) is 0 Å². The second-order valence-corrected chi connectivity index (χ2v) is 8.17. The minimum absolute atomic E-state index is 0.00298. The van der Waals surface area contributed by atoms with Gasteiger partial charge < -0.3 is 14.5 Å². The molecule has 1 saturated heterocycles. The molecule has 2 heterocycles. The standard InChI is InChI=1S/C21H28N4O3S/c1-4-28-20(27)17-6-5-11-25(13-17)19(26)14-24(3)21-22-18(23-29-21)12-16-9-7-15(2)8-10-16/h7-10,17H,4-6,11-14H2,1-3H3/t17-/m0/s1. The average Bonchev–Trinajstić information content (AvgIpc) is 3.18. The van der Waals surface area contributed by atoms with Crippen LogP contribution in [-0.2, 0) is 20.7 Å². The van der Waals surface area contributed by atoms with E-state index in [1.807, 2.05) is 11.9 Å². The summed E-state index contributed by atoms with van der Waals surface area (Å²) in [6.07, 6.45) is 2.27. The fourth-order valence-electron chi connectivity index (χ4n) is 3.39. The fourth-order valence-corrected chi connectivity index (χ4v) is 4.03. The molecule has 1 aromatic heterocycles. The van der Waals surface area contributed by atoms with Crippen molar-refractivity contribution in [3.63, 3.8) is 0 Å². The lowest BCUT2D eigenvalue weighted by Crippen LogP contribution is -2.46. The summed E-state index contributed by atoms with van der Waals surface area (Å²) in [5, 5.41) is 0.722. The van der Waals surface area contributed by atoms with E-state index in [2.05, 4.69) is 40.5 Å². The average molecular weight is 417 g/mol. The molecule has 29 heavy (non-hydrogen) atoms. The molecule has 3 rings (SSSR count). The molecule has 0 saturated carbocycles. The number of likely N-dealkylation sites (tertiary alicyclic amines) is 1. The minimum atomic E-state index is -0.222. The van der Waals surface area contributed by atoms with Crippen LogP contribution in [0.2, 0.25) is 0 Å². The van der Waals surface area contributed by atoms with Gasteiger partial charge in [0, 0.05) is 38.1 Å². The third-order valence-corrected chi connectivity index (χ3v) is 5.90. The minimum Gasteiger partial charge on any atom is -0.466 e. The van der Waals surface area contributed by atoms with Gasteiger partial charge in [-0.1, -0.05) is 29.8 Å². The van der Waals surface area contributed by atoms with Crippen molar-refractivity contribution < 1.29 is 14.3 Å². The van der Waals surface area contributed by atoms with Crippen molar-refractivity contribution in [3.05, 3.63) is 41.2 Å². The van der Waals surface area contributed by atoms with E-state index in [-0.39, 0.29) is 24.3 Å². The topological polar surface area (TPSA) is 75.6 Å². The Kier molecular flexibility index (Phi) is 7.19. The quantitative estimate of drug-likeness (QED) is 0.646. The number of piperidine rings is 1. The Bertz CT molecular complexity index is 837. The second-order valence-electron chi connectivity index (χ2n) is 7.44. The summed E-state index contributed by atoms with van der Waals surface area (Å²) in [6.45, 7) is 5.56. The zero-order valence-electron chi connectivity index (χ0n) is 17.3. The van der Waals surface area contributed by atoms with Gasteiger partial charge in [0.1, 0.15) is 5.82 Å². The number of carbonyl (C=O) groups excluding carboxylic acids is 2. The number of esters is 1. The highest BCUT2D eigenvalue weighted by atomic mass is 32.1. The van der Waals surface area contributed by atoms with Gasteiger partial charge in [0.25, 0.3) is 0 Å². The molecule has 8 heteroatoms. The Morgan fingerprint density at radius 1 is 1.31 bits per heavy atom. The lowest BCUT2D eigenvalue weighted by molar-refractivity contribution is -0.151. The van der Waals surface area contributed by atoms with Gasteiger partial charge in [-0.3, -0.25) is 9.59 Å². The van der Waals surface area contributed by atoms with Crippen molar-refractivity contribution in [1.82, 2.24) is 14.3 Å². The first kappa shape index (κ1) is 21.2. The number of rotatable bonds is 7. The van der Waals surface area contributed by atoms with Gasteiger partial charge in [-0.15, -0.1) is 0 Å². The maximum Gasteiger partial charge on any atom is 0.310 e. The van der Waals surface area contributed by atoms with Crippen LogP contribution in [-0.4, -0.2) is 59.4 Å². The van der Waals surface area contributed by atoms with Crippen LogP contribution in [0, 0.1) is 12.8 Å². The highest BCUT2D eigenvalue weighted by Gasteiger charge is 2.29. The van der Waals surface area contributed by atoms with E-state index in [4.69, 9.17) is 4.74 Å². The smallest absolute Gasteiger partial charge is 0.310 e. The van der Waals surface area contributed by atoms with Crippen LogP contribution in [0.25, 0.3) is 0 Å². The van der Waals surface area contributed by atoms with Crippen molar-refractivity contribution in [2.24, 2.45) is 5.92 Å². The van der Waals surface area contributed by atoms with Crippen LogP contribution in [0.4, 0.5) is 5.13 Å². The largest absolute Gasteiger partial charge is 0.466 e. The number of likely N-dealkylation sites (N-methyl/N-ethyl adjacent to an activating group) is 1. The van der Waals surface area contributed by atoms with Crippen molar-refractivity contribution in [1.29, 1.82) is 0 Å². The van der Waals surface area contributed by atoms with E-state index in [1.54, 1.807) is 11.8 Å². The van der Waals surface area contributed by atoms with Gasteiger partial charge in [-0.05, 0) is 32.3 Å². The Labute approximate surface area is 175 Å². The third-order valence-electron chi connectivity index (χ3n) is 5.03. The highest BCUT2D eigenvalue weighted by Crippen LogP contribution is 2.21. The molecule has 0 N–H and O–H groups in total.